The van der Waals surface area contributed by atoms with Crippen molar-refractivity contribution in [2.24, 2.45) is 0 Å². The van der Waals surface area contributed by atoms with Crippen molar-refractivity contribution >= 4 is 23.1 Å². The summed E-state index contributed by atoms with van der Waals surface area (Å²) in [5, 5.41) is 2.22. The number of ether oxygens (including phenoxy) is 1. The Morgan fingerprint density at radius 2 is 2.27 bits per heavy atom. The van der Waals surface area contributed by atoms with E-state index in [0.717, 1.165) is 0 Å². The fourth-order valence-corrected chi connectivity index (χ4v) is 1.06. The van der Waals surface area contributed by atoms with Crippen LogP contribution >= 0.6 is 11.3 Å². The molecule has 0 atom stereocenters. The number of ketones is 1. The molecular weight excluding hydrogens is 164 g/mol. The molecule has 0 unspecified atom stereocenters. The summed E-state index contributed by atoms with van der Waals surface area (Å²) in [4.78, 5) is 21.0. The number of carbonyl (C=O) groups excluding carboxylic acids is 2. The molecule has 1 aromatic heterocycles. The minimum atomic E-state index is -0.813. The SMILES string of the molecule is CC(=O)C(=O)Oc1cccs1. The van der Waals surface area contributed by atoms with Crippen LogP contribution in [-0.4, -0.2) is 11.8 Å². The smallest absolute Gasteiger partial charge is 0.380 e. The molecule has 0 amide bonds. The van der Waals surface area contributed by atoms with Gasteiger partial charge in [-0.2, -0.15) is 0 Å². The summed E-state index contributed by atoms with van der Waals surface area (Å²) < 4.78 is 4.65. The summed E-state index contributed by atoms with van der Waals surface area (Å²) in [7, 11) is 0. The first kappa shape index (κ1) is 7.94. The lowest BCUT2D eigenvalue weighted by atomic mass is 10.5. The highest BCUT2D eigenvalue weighted by atomic mass is 32.1. The Labute approximate surface area is 67.6 Å². The van der Waals surface area contributed by atoms with E-state index < -0.39 is 11.8 Å². The van der Waals surface area contributed by atoms with Gasteiger partial charge in [0.1, 0.15) is 0 Å². The standard InChI is InChI=1S/C7H6O3S/c1-5(8)7(9)10-6-3-2-4-11-6/h2-4H,1H3. The van der Waals surface area contributed by atoms with E-state index in [4.69, 9.17) is 0 Å². The maximum atomic E-state index is 10.6. The topological polar surface area (TPSA) is 43.4 Å². The van der Waals surface area contributed by atoms with Crippen molar-refractivity contribution in [3.8, 4) is 5.06 Å². The molecule has 0 radical (unpaired) electrons. The van der Waals surface area contributed by atoms with Gasteiger partial charge >= 0.3 is 5.97 Å². The predicted octanol–water partition coefficient (Wildman–Crippen LogP) is 1.24. The van der Waals surface area contributed by atoms with Gasteiger partial charge < -0.3 is 4.74 Å². The van der Waals surface area contributed by atoms with Crippen LogP contribution in [0.3, 0.4) is 0 Å². The van der Waals surface area contributed by atoms with E-state index in [9.17, 15) is 9.59 Å². The van der Waals surface area contributed by atoms with Gasteiger partial charge in [-0.15, -0.1) is 11.3 Å². The third kappa shape index (κ3) is 2.16. The first-order chi connectivity index (χ1) is 5.20. The van der Waals surface area contributed by atoms with Crippen LogP contribution in [0.1, 0.15) is 6.92 Å². The van der Waals surface area contributed by atoms with E-state index in [2.05, 4.69) is 4.74 Å². The molecular formula is C7H6O3S. The highest BCUT2D eigenvalue weighted by Crippen LogP contribution is 2.17. The van der Waals surface area contributed by atoms with Crippen LogP contribution in [0.2, 0.25) is 0 Å². The molecule has 0 fully saturated rings. The Kier molecular flexibility index (Phi) is 2.38. The molecule has 58 valence electrons. The van der Waals surface area contributed by atoms with Crippen LogP contribution in [0.25, 0.3) is 0 Å². The van der Waals surface area contributed by atoms with Crippen LogP contribution in [-0.2, 0) is 9.59 Å². The highest BCUT2D eigenvalue weighted by Gasteiger charge is 2.09. The summed E-state index contributed by atoms with van der Waals surface area (Å²) in [6, 6.07) is 3.37. The van der Waals surface area contributed by atoms with E-state index in [0.29, 0.717) is 5.06 Å². The quantitative estimate of drug-likeness (QED) is 0.495. The van der Waals surface area contributed by atoms with Gasteiger partial charge in [-0.05, 0) is 17.5 Å². The second-order valence-electron chi connectivity index (χ2n) is 1.88. The molecule has 0 saturated carbocycles. The van der Waals surface area contributed by atoms with Gasteiger partial charge in [-0.25, -0.2) is 4.79 Å². The van der Waals surface area contributed by atoms with Crippen LogP contribution in [0.5, 0.6) is 5.06 Å². The molecule has 11 heavy (non-hydrogen) atoms. The van der Waals surface area contributed by atoms with Crippen molar-refractivity contribution in [2.45, 2.75) is 6.92 Å². The molecule has 0 aliphatic rings. The lowest BCUT2D eigenvalue weighted by Gasteiger charge is -1.94. The molecule has 0 aromatic carbocycles. The fraction of sp³-hybridized carbons (Fsp3) is 0.143. The highest BCUT2D eigenvalue weighted by molar-refractivity contribution is 7.11. The number of carbonyl (C=O) groups is 2. The van der Waals surface area contributed by atoms with Crippen LogP contribution < -0.4 is 4.74 Å². The van der Waals surface area contributed by atoms with Gasteiger partial charge in [0, 0.05) is 6.92 Å². The summed E-state index contributed by atoms with van der Waals surface area (Å²) in [5.41, 5.74) is 0. The van der Waals surface area contributed by atoms with Crippen molar-refractivity contribution < 1.29 is 14.3 Å². The molecule has 3 nitrogen and oxygen atoms in total. The number of Topliss-reactive ketones (excluding diaryl/α,β-unsaturated/α-hetero) is 1. The number of esters is 1. The monoisotopic (exact) mass is 170 g/mol. The lowest BCUT2D eigenvalue weighted by Crippen LogP contribution is -2.16. The Balaban J connectivity index is 2.57. The zero-order valence-corrected chi connectivity index (χ0v) is 6.68. The second kappa shape index (κ2) is 3.30. The normalized spacial score (nSPS) is 9.18. The maximum absolute atomic E-state index is 10.6. The van der Waals surface area contributed by atoms with Crippen molar-refractivity contribution in [3.63, 3.8) is 0 Å². The van der Waals surface area contributed by atoms with Crippen LogP contribution in [0, 0.1) is 0 Å². The molecule has 0 aliphatic heterocycles. The van der Waals surface area contributed by atoms with Crippen molar-refractivity contribution in [3.05, 3.63) is 17.5 Å². The Bertz CT molecular complexity index is 263. The zero-order chi connectivity index (χ0) is 8.27. The molecule has 1 rings (SSSR count). The van der Waals surface area contributed by atoms with E-state index in [1.54, 1.807) is 17.5 Å². The van der Waals surface area contributed by atoms with E-state index in [1.165, 1.54) is 18.3 Å². The first-order valence-electron chi connectivity index (χ1n) is 2.96. The first-order valence-corrected chi connectivity index (χ1v) is 3.84. The minimum absolute atomic E-state index is 0.449. The van der Waals surface area contributed by atoms with Crippen LogP contribution in [0.4, 0.5) is 0 Å². The number of thiophene rings is 1. The average Bonchev–Trinajstić information content (AvgIpc) is 2.39. The van der Waals surface area contributed by atoms with Gasteiger partial charge in [0.15, 0.2) is 5.06 Å². The summed E-state index contributed by atoms with van der Waals surface area (Å²) in [6.07, 6.45) is 0. The van der Waals surface area contributed by atoms with Gasteiger partial charge in [0.05, 0.1) is 0 Å². The van der Waals surface area contributed by atoms with Gasteiger partial charge in [-0.1, -0.05) is 0 Å². The van der Waals surface area contributed by atoms with Gasteiger partial charge in [-0.3, -0.25) is 4.79 Å². The van der Waals surface area contributed by atoms with Crippen molar-refractivity contribution in [1.82, 2.24) is 0 Å². The fourth-order valence-electron chi connectivity index (χ4n) is 0.485. The predicted molar refractivity (Wildman–Crippen MR) is 40.6 cm³/mol. The van der Waals surface area contributed by atoms with Crippen molar-refractivity contribution in [2.75, 3.05) is 0 Å². The second-order valence-corrected chi connectivity index (χ2v) is 2.79. The third-order valence-electron chi connectivity index (χ3n) is 0.976. The number of hydrogen-bond donors (Lipinski definition) is 0. The third-order valence-corrected chi connectivity index (χ3v) is 1.72. The number of rotatable bonds is 2. The zero-order valence-electron chi connectivity index (χ0n) is 5.87. The van der Waals surface area contributed by atoms with E-state index in [1.807, 2.05) is 0 Å². The summed E-state index contributed by atoms with van der Waals surface area (Å²) in [6.45, 7) is 1.18. The van der Waals surface area contributed by atoms with Gasteiger partial charge in [0.25, 0.3) is 0 Å². The molecule has 0 saturated heterocycles. The van der Waals surface area contributed by atoms with E-state index >= 15 is 0 Å². The Morgan fingerprint density at radius 1 is 1.55 bits per heavy atom. The molecule has 0 bridgehead atoms. The molecule has 4 heteroatoms. The molecule has 0 N–H and O–H groups in total. The largest absolute Gasteiger partial charge is 0.410 e. The summed E-state index contributed by atoms with van der Waals surface area (Å²) >= 11 is 1.27. The molecule has 1 heterocycles. The van der Waals surface area contributed by atoms with E-state index in [-0.39, 0.29) is 0 Å². The Morgan fingerprint density at radius 3 is 2.73 bits per heavy atom. The Hall–Kier alpha value is -1.16. The molecule has 1 aromatic rings. The molecule has 0 aliphatic carbocycles. The van der Waals surface area contributed by atoms with Crippen LogP contribution in [0.15, 0.2) is 17.5 Å². The summed E-state index contributed by atoms with van der Waals surface area (Å²) in [5.74, 6) is -1.40. The number of hydrogen-bond acceptors (Lipinski definition) is 4. The average molecular weight is 170 g/mol. The minimum Gasteiger partial charge on any atom is -0.410 e. The van der Waals surface area contributed by atoms with Gasteiger partial charge in [0.2, 0.25) is 5.78 Å². The lowest BCUT2D eigenvalue weighted by molar-refractivity contribution is -0.145. The maximum Gasteiger partial charge on any atom is 0.380 e. The van der Waals surface area contributed by atoms with Crippen molar-refractivity contribution in [1.29, 1.82) is 0 Å². The molecule has 0 spiro atoms.